The van der Waals surface area contributed by atoms with Gasteiger partial charge in [-0.1, -0.05) is 11.3 Å². The molecule has 0 fully saturated rings. The first-order valence-electron chi connectivity index (χ1n) is 6.06. The topological polar surface area (TPSA) is 42.4 Å². The van der Waals surface area contributed by atoms with E-state index in [4.69, 9.17) is 4.74 Å². The zero-order chi connectivity index (χ0) is 13.2. The number of hydrogen-bond donors (Lipinski definition) is 0. The molecule has 0 saturated carbocycles. The number of fused-ring (bicyclic) bond motifs is 1. The van der Waals surface area contributed by atoms with Gasteiger partial charge in [-0.15, -0.1) is 11.3 Å². The Morgan fingerprint density at radius 3 is 3.26 bits per heavy atom. The van der Waals surface area contributed by atoms with Crippen LogP contribution in [0.25, 0.3) is 0 Å². The van der Waals surface area contributed by atoms with Crippen molar-refractivity contribution in [2.45, 2.75) is 19.6 Å². The van der Waals surface area contributed by atoms with E-state index in [-0.39, 0.29) is 0 Å². The third kappa shape index (κ3) is 2.43. The molecule has 0 bridgehead atoms. The third-order valence-corrected chi connectivity index (χ3v) is 5.29. The van der Waals surface area contributed by atoms with Crippen LogP contribution in [0.3, 0.4) is 0 Å². The van der Waals surface area contributed by atoms with Gasteiger partial charge < -0.3 is 9.64 Å². The molecule has 100 valence electrons. The average Bonchev–Trinajstić information content (AvgIpc) is 3.04. The number of anilines is 1. The molecule has 19 heavy (non-hydrogen) atoms. The molecule has 0 N–H and O–H groups in total. The highest BCUT2D eigenvalue weighted by molar-refractivity contribution is 7.17. The molecule has 3 rings (SSSR count). The van der Waals surface area contributed by atoms with Gasteiger partial charge in [0.1, 0.15) is 0 Å². The lowest BCUT2D eigenvalue weighted by Crippen LogP contribution is -2.29. The minimum Gasteiger partial charge on any atom is -0.378 e. The van der Waals surface area contributed by atoms with Gasteiger partial charge in [0, 0.05) is 25.1 Å². The maximum absolute atomic E-state index is 11.1. The minimum atomic E-state index is 0.391. The smallest absolute Gasteiger partial charge is 0.186 e. The highest BCUT2D eigenvalue weighted by Crippen LogP contribution is 2.31. The van der Waals surface area contributed by atoms with Crippen LogP contribution in [0.4, 0.5) is 5.13 Å². The maximum Gasteiger partial charge on any atom is 0.186 e. The summed E-state index contributed by atoms with van der Waals surface area (Å²) in [5.74, 6) is 0. The maximum atomic E-state index is 11.1. The van der Waals surface area contributed by atoms with Crippen LogP contribution >= 0.6 is 22.7 Å². The SMILES string of the molecule is COCc1nc(N2CCc3sccc3C2)sc1C=O. The second-order valence-electron chi connectivity index (χ2n) is 4.40. The number of aromatic nitrogens is 1. The van der Waals surface area contributed by atoms with E-state index in [1.807, 2.05) is 11.3 Å². The second kappa shape index (κ2) is 5.40. The first-order valence-corrected chi connectivity index (χ1v) is 7.75. The number of carbonyl (C=O) groups is 1. The fraction of sp³-hybridized carbons (Fsp3) is 0.385. The first-order chi connectivity index (χ1) is 9.31. The number of rotatable bonds is 4. The zero-order valence-electron chi connectivity index (χ0n) is 10.6. The average molecular weight is 294 g/mol. The van der Waals surface area contributed by atoms with Crippen molar-refractivity contribution in [3.8, 4) is 0 Å². The van der Waals surface area contributed by atoms with Crippen LogP contribution in [0.1, 0.15) is 25.8 Å². The summed E-state index contributed by atoms with van der Waals surface area (Å²) in [6.45, 7) is 2.24. The summed E-state index contributed by atoms with van der Waals surface area (Å²) in [6, 6.07) is 2.18. The van der Waals surface area contributed by atoms with E-state index in [0.29, 0.717) is 11.5 Å². The van der Waals surface area contributed by atoms with Gasteiger partial charge in [-0.2, -0.15) is 0 Å². The quantitative estimate of drug-likeness (QED) is 0.813. The standard InChI is InChI=1S/C13H14N2O2S2/c1-17-8-10-12(7-16)19-13(14-10)15-4-2-11-9(6-15)3-5-18-11/h3,5,7H,2,4,6,8H2,1H3. The van der Waals surface area contributed by atoms with Crippen molar-refractivity contribution in [1.82, 2.24) is 4.98 Å². The number of ether oxygens (including phenoxy) is 1. The summed E-state index contributed by atoms with van der Waals surface area (Å²) in [4.78, 5) is 20.0. The van der Waals surface area contributed by atoms with E-state index < -0.39 is 0 Å². The van der Waals surface area contributed by atoms with E-state index in [9.17, 15) is 4.79 Å². The van der Waals surface area contributed by atoms with E-state index in [2.05, 4.69) is 21.3 Å². The number of hydrogen-bond acceptors (Lipinski definition) is 6. The van der Waals surface area contributed by atoms with Gasteiger partial charge in [-0.05, 0) is 23.4 Å². The summed E-state index contributed by atoms with van der Waals surface area (Å²) in [5, 5.41) is 3.06. The molecule has 1 aliphatic rings. The molecule has 0 aromatic carbocycles. The largest absolute Gasteiger partial charge is 0.378 e. The lowest BCUT2D eigenvalue weighted by Gasteiger charge is -2.26. The molecule has 6 heteroatoms. The summed E-state index contributed by atoms with van der Waals surface area (Å²) in [6.07, 6.45) is 1.93. The molecule has 0 amide bonds. The second-order valence-corrected chi connectivity index (χ2v) is 6.41. The van der Waals surface area contributed by atoms with Crippen molar-refractivity contribution in [2.24, 2.45) is 0 Å². The van der Waals surface area contributed by atoms with Crippen molar-refractivity contribution in [3.63, 3.8) is 0 Å². The van der Waals surface area contributed by atoms with Crippen LogP contribution in [0.15, 0.2) is 11.4 Å². The summed E-state index contributed by atoms with van der Waals surface area (Å²) < 4.78 is 5.08. The van der Waals surface area contributed by atoms with E-state index in [0.717, 1.165) is 36.6 Å². The van der Waals surface area contributed by atoms with Crippen molar-refractivity contribution >= 4 is 34.1 Å². The number of carbonyl (C=O) groups excluding carboxylic acids is 1. The molecule has 0 aliphatic carbocycles. The number of aldehydes is 1. The Morgan fingerprint density at radius 2 is 2.47 bits per heavy atom. The Bertz CT molecular complexity index is 591. The van der Waals surface area contributed by atoms with E-state index in [1.165, 1.54) is 21.8 Å². The van der Waals surface area contributed by atoms with Gasteiger partial charge >= 0.3 is 0 Å². The molecular formula is C13H14N2O2S2. The van der Waals surface area contributed by atoms with E-state index >= 15 is 0 Å². The minimum absolute atomic E-state index is 0.391. The molecule has 0 spiro atoms. The zero-order valence-corrected chi connectivity index (χ0v) is 12.2. The van der Waals surface area contributed by atoms with Gasteiger partial charge in [0.25, 0.3) is 0 Å². The molecular weight excluding hydrogens is 280 g/mol. The van der Waals surface area contributed by atoms with Crippen molar-refractivity contribution in [3.05, 3.63) is 32.5 Å². The number of methoxy groups -OCH3 is 1. The predicted octanol–water partition coefficient (Wildman–Crippen LogP) is 2.73. The monoisotopic (exact) mass is 294 g/mol. The van der Waals surface area contributed by atoms with Gasteiger partial charge in [0.05, 0.1) is 17.2 Å². The first kappa shape index (κ1) is 12.8. The molecule has 4 nitrogen and oxygen atoms in total. The van der Waals surface area contributed by atoms with Crippen molar-refractivity contribution in [1.29, 1.82) is 0 Å². The van der Waals surface area contributed by atoms with Crippen LogP contribution in [0, 0.1) is 0 Å². The van der Waals surface area contributed by atoms with Crippen LogP contribution in [-0.4, -0.2) is 24.9 Å². The lowest BCUT2D eigenvalue weighted by atomic mass is 10.1. The summed E-state index contributed by atoms with van der Waals surface area (Å²) >= 11 is 3.28. The summed E-state index contributed by atoms with van der Waals surface area (Å²) in [5.41, 5.74) is 2.13. The van der Waals surface area contributed by atoms with Crippen molar-refractivity contribution < 1.29 is 9.53 Å². The van der Waals surface area contributed by atoms with Crippen LogP contribution < -0.4 is 4.90 Å². The molecule has 1 aliphatic heterocycles. The number of thiazole rings is 1. The Morgan fingerprint density at radius 1 is 1.58 bits per heavy atom. The van der Waals surface area contributed by atoms with Crippen molar-refractivity contribution in [2.75, 3.05) is 18.6 Å². The van der Waals surface area contributed by atoms with Crippen LogP contribution in [-0.2, 0) is 24.3 Å². The highest BCUT2D eigenvalue weighted by atomic mass is 32.1. The fourth-order valence-corrected chi connectivity index (χ4v) is 4.03. The highest BCUT2D eigenvalue weighted by Gasteiger charge is 2.21. The molecule has 2 aromatic heterocycles. The van der Waals surface area contributed by atoms with Gasteiger partial charge in [0.15, 0.2) is 11.4 Å². The number of nitrogens with zero attached hydrogens (tertiary/aromatic N) is 2. The molecule has 3 heterocycles. The van der Waals surface area contributed by atoms with E-state index in [1.54, 1.807) is 7.11 Å². The normalized spacial score (nSPS) is 14.5. The Labute approximate surface area is 119 Å². The van der Waals surface area contributed by atoms with Gasteiger partial charge in [-0.25, -0.2) is 4.98 Å². The Kier molecular flexibility index (Phi) is 3.63. The molecule has 0 unspecified atom stereocenters. The summed E-state index contributed by atoms with van der Waals surface area (Å²) in [7, 11) is 1.62. The molecule has 0 atom stereocenters. The third-order valence-electron chi connectivity index (χ3n) is 3.18. The fourth-order valence-electron chi connectivity index (χ4n) is 2.23. The Hall–Kier alpha value is -1.24. The lowest BCUT2D eigenvalue weighted by molar-refractivity contribution is 0.112. The predicted molar refractivity (Wildman–Crippen MR) is 77.3 cm³/mol. The Balaban J connectivity index is 1.85. The molecule has 0 radical (unpaired) electrons. The van der Waals surface area contributed by atoms with Gasteiger partial charge in [-0.3, -0.25) is 4.79 Å². The van der Waals surface area contributed by atoms with Gasteiger partial charge in [0.2, 0.25) is 0 Å². The molecule has 0 saturated heterocycles. The molecule has 2 aromatic rings. The van der Waals surface area contributed by atoms with Crippen LogP contribution in [0.5, 0.6) is 0 Å². The number of thiophene rings is 1. The van der Waals surface area contributed by atoms with Crippen LogP contribution in [0.2, 0.25) is 0 Å².